The van der Waals surface area contributed by atoms with E-state index in [1.54, 1.807) is 0 Å². The van der Waals surface area contributed by atoms with Gasteiger partial charge in [-0.25, -0.2) is 9.78 Å². The molecule has 0 aliphatic heterocycles. The Bertz CT molecular complexity index is 491. The van der Waals surface area contributed by atoms with Gasteiger partial charge in [-0.15, -0.1) is 11.3 Å². The Morgan fingerprint density at radius 2 is 2.00 bits per heavy atom. The lowest BCUT2D eigenvalue weighted by Gasteiger charge is -1.96. The first-order valence-electron chi connectivity index (χ1n) is 4.44. The molecule has 0 saturated heterocycles. The third-order valence-electron chi connectivity index (χ3n) is 2.02. The summed E-state index contributed by atoms with van der Waals surface area (Å²) in [6.07, 6.45) is 0. The molecular weight excluding hydrogens is 210 g/mol. The molecule has 0 saturated carbocycles. The van der Waals surface area contributed by atoms with Crippen LogP contribution >= 0.6 is 11.3 Å². The van der Waals surface area contributed by atoms with Crippen LogP contribution in [-0.4, -0.2) is 16.1 Å². The highest BCUT2D eigenvalue weighted by Gasteiger charge is 2.13. The van der Waals surface area contributed by atoms with Gasteiger partial charge >= 0.3 is 5.97 Å². The fraction of sp³-hybridized carbons (Fsp3) is 0.0909. The molecule has 2 aromatic rings. The normalized spacial score (nSPS) is 10.2. The van der Waals surface area contributed by atoms with Gasteiger partial charge in [-0.2, -0.15) is 0 Å². The molecule has 0 radical (unpaired) electrons. The molecule has 4 heteroatoms. The van der Waals surface area contributed by atoms with Crippen LogP contribution in [0.3, 0.4) is 0 Å². The molecule has 3 nitrogen and oxygen atoms in total. The highest BCUT2D eigenvalue weighted by atomic mass is 32.1. The number of aryl methyl sites for hydroxylation is 1. The summed E-state index contributed by atoms with van der Waals surface area (Å²) in [5.41, 5.74) is 1.78. The van der Waals surface area contributed by atoms with E-state index in [2.05, 4.69) is 4.98 Å². The number of aromatic carboxylic acids is 1. The Balaban J connectivity index is 2.50. The van der Waals surface area contributed by atoms with E-state index in [-0.39, 0.29) is 5.01 Å². The predicted octanol–water partition coefficient (Wildman–Crippen LogP) is 2.82. The maximum Gasteiger partial charge on any atom is 0.365 e. The third kappa shape index (κ3) is 1.89. The summed E-state index contributed by atoms with van der Waals surface area (Å²) in [4.78, 5) is 15.7. The molecule has 0 aliphatic rings. The topological polar surface area (TPSA) is 50.2 Å². The van der Waals surface area contributed by atoms with Crippen LogP contribution in [-0.2, 0) is 0 Å². The van der Waals surface area contributed by atoms with Crippen LogP contribution in [0.25, 0.3) is 10.4 Å². The largest absolute Gasteiger partial charge is 0.476 e. The van der Waals surface area contributed by atoms with Crippen molar-refractivity contribution in [2.75, 3.05) is 0 Å². The number of thiazole rings is 1. The number of carboxylic acid groups (broad SMARTS) is 1. The Morgan fingerprint density at radius 1 is 1.33 bits per heavy atom. The molecule has 1 aromatic carbocycles. The molecule has 1 heterocycles. The summed E-state index contributed by atoms with van der Waals surface area (Å²) in [5, 5.41) is 8.96. The average Bonchev–Trinajstić information content (AvgIpc) is 2.62. The molecular formula is C11H9NO2S. The second-order valence-electron chi connectivity index (χ2n) is 3.10. The van der Waals surface area contributed by atoms with Gasteiger partial charge in [0.25, 0.3) is 0 Å². The molecule has 76 valence electrons. The highest BCUT2D eigenvalue weighted by molar-refractivity contribution is 7.17. The first kappa shape index (κ1) is 9.86. The number of benzene rings is 1. The van der Waals surface area contributed by atoms with E-state index in [1.807, 2.05) is 37.3 Å². The fourth-order valence-electron chi connectivity index (χ4n) is 1.35. The summed E-state index contributed by atoms with van der Waals surface area (Å²) in [6, 6.07) is 9.68. The third-order valence-corrected chi connectivity index (χ3v) is 3.21. The maximum atomic E-state index is 10.7. The Morgan fingerprint density at radius 3 is 2.53 bits per heavy atom. The molecule has 0 bridgehead atoms. The number of nitrogens with zero attached hydrogens (tertiary/aromatic N) is 1. The monoisotopic (exact) mass is 219 g/mol. The summed E-state index contributed by atoms with van der Waals surface area (Å²) in [5.74, 6) is -0.967. The van der Waals surface area contributed by atoms with Crippen molar-refractivity contribution in [3.63, 3.8) is 0 Å². The van der Waals surface area contributed by atoms with Gasteiger partial charge in [0.2, 0.25) is 5.01 Å². The van der Waals surface area contributed by atoms with Crippen LogP contribution in [0.1, 0.15) is 15.5 Å². The minimum Gasteiger partial charge on any atom is -0.476 e. The second-order valence-corrected chi connectivity index (χ2v) is 4.10. The molecule has 0 aliphatic carbocycles. The van der Waals surface area contributed by atoms with E-state index in [9.17, 15) is 4.79 Å². The van der Waals surface area contributed by atoms with Crippen molar-refractivity contribution < 1.29 is 9.90 Å². The first-order chi connectivity index (χ1) is 7.18. The minimum absolute atomic E-state index is 0.145. The number of hydrogen-bond donors (Lipinski definition) is 1. The van der Waals surface area contributed by atoms with E-state index in [4.69, 9.17) is 5.11 Å². The zero-order valence-corrected chi connectivity index (χ0v) is 8.91. The minimum atomic E-state index is -0.967. The lowest BCUT2D eigenvalue weighted by atomic mass is 10.2. The van der Waals surface area contributed by atoms with Crippen LogP contribution in [0.2, 0.25) is 0 Å². The standard InChI is InChI=1S/C11H9NO2S/c1-7-9(8-5-3-2-4-6-8)15-10(12-7)11(13)14/h2-6H,1H3,(H,13,14). The van der Waals surface area contributed by atoms with Crippen molar-refractivity contribution >= 4 is 17.3 Å². The summed E-state index contributed by atoms with van der Waals surface area (Å²) < 4.78 is 0. The zero-order chi connectivity index (χ0) is 10.8. The van der Waals surface area contributed by atoms with Crippen molar-refractivity contribution in [1.82, 2.24) is 4.98 Å². The Hall–Kier alpha value is -1.68. The van der Waals surface area contributed by atoms with Gasteiger partial charge in [0, 0.05) is 0 Å². The SMILES string of the molecule is Cc1nc(C(=O)O)sc1-c1ccccc1. The van der Waals surface area contributed by atoms with E-state index >= 15 is 0 Å². The zero-order valence-electron chi connectivity index (χ0n) is 8.10. The van der Waals surface area contributed by atoms with Crippen LogP contribution in [0.15, 0.2) is 30.3 Å². The quantitative estimate of drug-likeness (QED) is 0.844. The average molecular weight is 219 g/mol. The second kappa shape index (κ2) is 3.82. The predicted molar refractivity (Wildman–Crippen MR) is 59.2 cm³/mol. The van der Waals surface area contributed by atoms with Gasteiger partial charge in [-0.1, -0.05) is 30.3 Å². The Kier molecular flexibility index (Phi) is 2.51. The van der Waals surface area contributed by atoms with Crippen molar-refractivity contribution in [2.45, 2.75) is 6.92 Å². The van der Waals surface area contributed by atoms with Crippen LogP contribution in [0.4, 0.5) is 0 Å². The molecule has 0 spiro atoms. The van der Waals surface area contributed by atoms with E-state index < -0.39 is 5.97 Å². The summed E-state index contributed by atoms with van der Waals surface area (Å²) in [6.45, 7) is 1.82. The number of carboxylic acids is 1. The molecule has 0 amide bonds. The van der Waals surface area contributed by atoms with Gasteiger partial charge < -0.3 is 5.11 Å². The van der Waals surface area contributed by atoms with E-state index in [0.717, 1.165) is 16.1 Å². The van der Waals surface area contributed by atoms with Gasteiger partial charge in [0.1, 0.15) is 0 Å². The number of rotatable bonds is 2. The van der Waals surface area contributed by atoms with Gasteiger partial charge in [-0.3, -0.25) is 0 Å². The first-order valence-corrected chi connectivity index (χ1v) is 5.26. The molecule has 1 aromatic heterocycles. The van der Waals surface area contributed by atoms with E-state index in [1.165, 1.54) is 11.3 Å². The highest BCUT2D eigenvalue weighted by Crippen LogP contribution is 2.29. The lowest BCUT2D eigenvalue weighted by Crippen LogP contribution is -1.93. The van der Waals surface area contributed by atoms with Gasteiger partial charge in [0.15, 0.2) is 0 Å². The summed E-state index contributed by atoms with van der Waals surface area (Å²) in [7, 11) is 0. The molecule has 1 N–H and O–H groups in total. The van der Waals surface area contributed by atoms with Gasteiger partial charge in [-0.05, 0) is 12.5 Å². The number of aromatic nitrogens is 1. The van der Waals surface area contributed by atoms with Gasteiger partial charge in [0.05, 0.1) is 10.6 Å². The van der Waals surface area contributed by atoms with Crippen molar-refractivity contribution in [3.8, 4) is 10.4 Å². The van der Waals surface area contributed by atoms with E-state index in [0.29, 0.717) is 0 Å². The number of carbonyl (C=O) groups is 1. The molecule has 2 rings (SSSR count). The smallest absolute Gasteiger partial charge is 0.365 e. The molecule has 15 heavy (non-hydrogen) atoms. The fourth-order valence-corrected chi connectivity index (χ4v) is 2.26. The van der Waals surface area contributed by atoms with Crippen molar-refractivity contribution in [3.05, 3.63) is 41.0 Å². The van der Waals surface area contributed by atoms with Crippen molar-refractivity contribution in [1.29, 1.82) is 0 Å². The Labute approximate surface area is 91.0 Å². The maximum absolute atomic E-state index is 10.7. The van der Waals surface area contributed by atoms with Crippen molar-refractivity contribution in [2.24, 2.45) is 0 Å². The molecule has 0 fully saturated rings. The van der Waals surface area contributed by atoms with Crippen LogP contribution in [0.5, 0.6) is 0 Å². The summed E-state index contributed by atoms with van der Waals surface area (Å²) >= 11 is 1.21. The molecule has 0 unspecified atom stereocenters. The van der Waals surface area contributed by atoms with Crippen LogP contribution in [0, 0.1) is 6.92 Å². The van der Waals surface area contributed by atoms with Crippen LogP contribution < -0.4 is 0 Å². The number of hydrogen-bond acceptors (Lipinski definition) is 3. The lowest BCUT2D eigenvalue weighted by molar-refractivity contribution is 0.0696. The molecule has 0 atom stereocenters.